The number of aliphatic hydroxyl groups is 2. The summed E-state index contributed by atoms with van der Waals surface area (Å²) in [6.07, 6.45) is 24.8. The van der Waals surface area contributed by atoms with Gasteiger partial charge in [0.2, 0.25) is 17.7 Å². The molecule has 14 atom stereocenters. The van der Waals surface area contributed by atoms with E-state index < -0.39 is 188 Å². The van der Waals surface area contributed by atoms with Crippen molar-refractivity contribution in [1.82, 2.24) is 16.0 Å². The highest BCUT2D eigenvalue weighted by molar-refractivity contribution is 7.46. The maximum atomic E-state index is 15.3. The first-order valence-electron chi connectivity index (χ1n) is 47.3. The van der Waals surface area contributed by atoms with E-state index in [1.54, 1.807) is 0 Å². The van der Waals surface area contributed by atoms with Crippen LogP contribution in [-0.4, -0.2) is 188 Å². The van der Waals surface area contributed by atoms with Gasteiger partial charge in [-0.1, -0.05) is 311 Å². The Balaban J connectivity index is 3.02. The van der Waals surface area contributed by atoms with Crippen LogP contribution in [0.15, 0.2) is 0 Å². The first-order chi connectivity index (χ1) is 58.1. The van der Waals surface area contributed by atoms with Gasteiger partial charge < -0.3 is 88.7 Å². The van der Waals surface area contributed by atoms with Crippen molar-refractivity contribution >= 4 is 63.2 Å². The van der Waals surface area contributed by atoms with Gasteiger partial charge in [0.05, 0.1) is 39.1 Å². The van der Waals surface area contributed by atoms with E-state index in [1.807, 2.05) is 0 Å². The Bertz CT molecular complexity index is 2820. The molecule has 2 aliphatic rings. The summed E-state index contributed by atoms with van der Waals surface area (Å²) in [6, 6.07) is -5.81. The number of amides is 3. The van der Waals surface area contributed by atoms with Crippen molar-refractivity contribution in [2.45, 2.75) is 500 Å². The quantitative estimate of drug-likeness (QED) is 0.0117. The molecule has 121 heavy (non-hydrogen) atoms. The Morgan fingerprint density at radius 1 is 0.380 bits per heavy atom. The molecule has 0 aliphatic carbocycles. The van der Waals surface area contributed by atoms with Crippen molar-refractivity contribution in [2.24, 2.45) is 0 Å². The van der Waals surface area contributed by atoms with E-state index >= 15 is 9.59 Å². The lowest BCUT2D eigenvalue weighted by Crippen LogP contribution is -2.68. The minimum atomic E-state index is -5.89. The second kappa shape index (κ2) is 70.8. The van der Waals surface area contributed by atoms with Crippen LogP contribution in [0.5, 0.6) is 0 Å². The molecule has 3 amide bonds. The zero-order chi connectivity index (χ0) is 89.3. The Morgan fingerprint density at radius 2 is 0.702 bits per heavy atom. The largest absolute Gasteiger partial charge is 0.480 e. The van der Waals surface area contributed by atoms with Crippen LogP contribution in [0.4, 0.5) is 0 Å². The lowest BCUT2D eigenvalue weighted by Gasteiger charge is -2.47. The fourth-order valence-electron chi connectivity index (χ4n) is 15.6. The number of phosphoric ester groups is 2. The molecule has 0 unspecified atom stereocenters. The van der Waals surface area contributed by atoms with Crippen LogP contribution in [0.2, 0.25) is 0 Å². The highest BCUT2D eigenvalue weighted by Crippen LogP contribution is 2.44. The number of hydrogen-bond acceptors (Lipinski definition) is 22. The fourth-order valence-corrected chi connectivity index (χ4v) is 16.7. The molecule has 0 aromatic rings. The van der Waals surface area contributed by atoms with Gasteiger partial charge in [0, 0.05) is 26.2 Å². The second-order valence-electron chi connectivity index (χ2n) is 33.7. The predicted octanol–water partition coefficient (Wildman–Crippen LogP) is 17.3. The van der Waals surface area contributed by atoms with E-state index in [1.165, 1.54) is 0 Å². The van der Waals surface area contributed by atoms with Gasteiger partial charge in [-0.25, -0.2) is 13.9 Å². The van der Waals surface area contributed by atoms with Crippen molar-refractivity contribution in [2.75, 3.05) is 19.8 Å². The number of unbranched alkanes of at least 4 members (excludes halogenated alkanes) is 42. The Labute approximate surface area is 725 Å². The molecule has 30 nitrogen and oxygen atoms in total. The third-order valence-corrected chi connectivity index (χ3v) is 23.5. The van der Waals surface area contributed by atoms with E-state index in [0.717, 1.165) is 270 Å². The van der Waals surface area contributed by atoms with Gasteiger partial charge in [-0.3, -0.25) is 42.6 Å². The third kappa shape index (κ3) is 57.2. The molecular weight excluding hydrogens is 1600 g/mol. The van der Waals surface area contributed by atoms with Crippen LogP contribution in [0.1, 0.15) is 414 Å². The average molecular weight is 1770 g/mol. The number of aliphatic carboxylic acids is 1. The summed E-state index contributed by atoms with van der Waals surface area (Å²) in [7, 11) is -11.4. The molecule has 2 fully saturated rings. The van der Waals surface area contributed by atoms with Crippen molar-refractivity contribution in [3.05, 3.63) is 0 Å². The van der Waals surface area contributed by atoms with Crippen molar-refractivity contribution in [3.8, 4) is 0 Å². The Hall–Kier alpha value is -4.26. The molecule has 0 aromatic carbocycles. The maximum Gasteiger partial charge on any atom is 0.470 e. The number of aliphatic hydroxyl groups excluding tert-OH is 2. The zero-order valence-electron chi connectivity index (χ0n) is 75.2. The molecule has 0 aromatic heterocycles. The standard InChI is InChI=1S/C89H165N3O27P2/c1-8-14-20-26-32-35-41-44-50-56-69(112-77(97)59-53-47-38-29-23-17-11-4)62-75(95)91-72(87(102)103)66-110-89-82(92-76(96)63-70(57-51-45-42-36-33-27-21-15-9-2)113-78(98)60-54-48-39-30-24-18-12-5)86(117-80(100)64-71(58-52-46-43-37-34-28-22-16-10-3)114-79(99)61-55-49-40-31-25-19-13-6)85(119-121(107,108)109)74(116-89)67-111-88-81(90-68(7)94)83(101)84(73(65-93)115-88)118-120(104,105)106/h69-74,81-86,88-89,93,101H,8-67H2,1-7H3,(H,90,94)(H,91,95)(H,92,96)(H,102,103)(H2,104,105,106)(H2,107,108,109)/t69-,70-,71-,72+,73-,74-,81-,82-,83-,84-,85-,86-,88-,89-/m1/s1. The molecule has 10 N–H and O–H groups in total. The molecule has 0 saturated carbocycles. The average Bonchev–Trinajstić information content (AvgIpc) is 0.776. The smallest absolute Gasteiger partial charge is 0.470 e. The summed E-state index contributed by atoms with van der Waals surface area (Å²) in [5.41, 5.74) is 0. The molecule has 0 spiro atoms. The number of nitrogens with one attached hydrogen (secondary N) is 3. The Kier molecular flexibility index (Phi) is 66.0. The number of esters is 4. The molecule has 2 heterocycles. The van der Waals surface area contributed by atoms with Crippen LogP contribution >= 0.6 is 15.6 Å². The topological polar surface area (TPSA) is 441 Å². The number of rotatable bonds is 79. The summed E-state index contributed by atoms with van der Waals surface area (Å²) in [6.45, 7) is 10.6. The number of carbonyl (C=O) groups excluding carboxylic acids is 7. The summed E-state index contributed by atoms with van der Waals surface area (Å²) in [5.74, 6) is -7.12. The van der Waals surface area contributed by atoms with E-state index in [4.69, 9.17) is 46.9 Å². The Morgan fingerprint density at radius 3 is 1.05 bits per heavy atom. The lowest BCUT2D eigenvalue weighted by atomic mass is 9.95. The van der Waals surface area contributed by atoms with Crippen LogP contribution < -0.4 is 16.0 Å². The van der Waals surface area contributed by atoms with Gasteiger partial charge in [-0.15, -0.1) is 0 Å². The molecule has 32 heteroatoms. The molecule has 0 radical (unpaired) electrons. The SMILES string of the molecule is CCCCCCCCCCC[C@H](CC(=O)N[C@H]1[C@H](OC[C@H](NC(=O)C[C@@H](CCCCCCCCCCC)OC(=O)CCCCCCCCC)C(=O)O)O[C@H](CO[C@@H]2O[C@H](CO)[C@@H](OP(=O)(O)O)[C@H](O)[C@H]2NC(C)=O)[C@@H](OP(=O)(O)O)[C@@H]1OC(=O)C[C@@H](CCCCCCCCCCC)OC(=O)CCCCCCCCC)OC(=O)CCCCCCCCC. The first-order valence-corrected chi connectivity index (χ1v) is 50.4. The maximum absolute atomic E-state index is 15.3. The summed E-state index contributed by atoms with van der Waals surface area (Å²) >= 11 is 0. The van der Waals surface area contributed by atoms with Crippen molar-refractivity contribution in [1.29, 1.82) is 0 Å². The monoisotopic (exact) mass is 1770 g/mol. The van der Waals surface area contributed by atoms with Crippen LogP contribution in [-0.2, 0) is 94.4 Å². The van der Waals surface area contributed by atoms with Gasteiger partial charge in [0.1, 0.15) is 60.9 Å². The highest BCUT2D eigenvalue weighted by Gasteiger charge is 2.55. The number of carboxylic acids is 1. The number of carboxylic acid groups (broad SMARTS) is 1. The molecule has 0 bridgehead atoms. The number of ether oxygens (including phenoxy) is 8. The lowest BCUT2D eigenvalue weighted by molar-refractivity contribution is -0.302. The van der Waals surface area contributed by atoms with Crippen LogP contribution in [0, 0.1) is 0 Å². The number of carbonyl (C=O) groups is 8. The number of hydrogen-bond donors (Lipinski definition) is 10. The second-order valence-corrected chi connectivity index (χ2v) is 36.1. The number of phosphoric acid groups is 2. The van der Waals surface area contributed by atoms with Gasteiger partial charge in [-0.05, 0) is 57.8 Å². The van der Waals surface area contributed by atoms with E-state index in [2.05, 4.69) is 57.5 Å². The molecule has 708 valence electrons. The zero-order valence-corrected chi connectivity index (χ0v) is 77.0. The van der Waals surface area contributed by atoms with Gasteiger partial charge >= 0.3 is 45.5 Å². The minimum absolute atomic E-state index is 0.0318. The molecule has 2 aliphatic heterocycles. The van der Waals surface area contributed by atoms with E-state index in [-0.39, 0.29) is 38.5 Å². The summed E-state index contributed by atoms with van der Waals surface area (Å²) in [5, 5.41) is 40.8. The summed E-state index contributed by atoms with van der Waals surface area (Å²) < 4.78 is 85.8. The van der Waals surface area contributed by atoms with Gasteiger partial charge in [0.25, 0.3) is 0 Å². The summed E-state index contributed by atoms with van der Waals surface area (Å²) in [4.78, 5) is 154. The van der Waals surface area contributed by atoms with E-state index in [0.29, 0.717) is 44.9 Å². The van der Waals surface area contributed by atoms with Gasteiger partial charge in [0.15, 0.2) is 24.7 Å². The first kappa shape index (κ1) is 113. The molecule has 2 saturated heterocycles. The predicted molar refractivity (Wildman–Crippen MR) is 462 cm³/mol. The van der Waals surface area contributed by atoms with Gasteiger partial charge in [-0.2, -0.15) is 0 Å². The van der Waals surface area contributed by atoms with E-state index in [9.17, 15) is 72.8 Å². The van der Waals surface area contributed by atoms with Crippen LogP contribution in [0.25, 0.3) is 0 Å². The normalized spacial score (nSPS) is 20.4. The minimum Gasteiger partial charge on any atom is -0.480 e. The van der Waals surface area contributed by atoms with Crippen molar-refractivity contribution in [3.63, 3.8) is 0 Å². The van der Waals surface area contributed by atoms with Crippen LogP contribution in [0.3, 0.4) is 0 Å². The highest BCUT2D eigenvalue weighted by atomic mass is 31.2. The third-order valence-electron chi connectivity index (χ3n) is 22.4. The fraction of sp³-hybridized carbons (Fsp3) is 0.910. The van der Waals surface area contributed by atoms with Crippen molar-refractivity contribution < 1.29 is 129 Å². The molecular formula is C89H165N3O27P2. The molecule has 2 rings (SSSR count).